The van der Waals surface area contributed by atoms with Gasteiger partial charge in [0.15, 0.2) is 0 Å². The van der Waals surface area contributed by atoms with E-state index in [4.69, 9.17) is 0 Å². The molecule has 0 aliphatic rings. The zero-order valence-corrected chi connectivity index (χ0v) is 10.2. The molecule has 3 heteroatoms. The largest absolute Gasteiger partial charge is 0.316 e. The molecule has 17 heavy (non-hydrogen) atoms. The van der Waals surface area contributed by atoms with Gasteiger partial charge in [-0.3, -0.25) is 4.98 Å². The van der Waals surface area contributed by atoms with Gasteiger partial charge in [0.05, 0.1) is 5.52 Å². The molecule has 0 aliphatic heterocycles. The van der Waals surface area contributed by atoms with Gasteiger partial charge in [-0.15, -0.1) is 0 Å². The summed E-state index contributed by atoms with van der Waals surface area (Å²) in [5.41, 5.74) is 2.38. The Balaban J connectivity index is 1.98. The van der Waals surface area contributed by atoms with Gasteiger partial charge in [-0.2, -0.15) is 0 Å². The van der Waals surface area contributed by atoms with E-state index in [1.165, 1.54) is 10.9 Å². The molecule has 0 radical (unpaired) electrons. The first-order valence-electron chi connectivity index (χ1n) is 6.16. The second kappa shape index (κ2) is 6.33. The topological polar surface area (TPSA) is 37.0 Å². The smallest absolute Gasteiger partial charge is 0.0705 e. The van der Waals surface area contributed by atoms with E-state index < -0.39 is 0 Å². The highest BCUT2D eigenvalue weighted by Gasteiger charge is 1.99. The van der Waals surface area contributed by atoms with Crippen molar-refractivity contribution in [1.82, 2.24) is 15.6 Å². The van der Waals surface area contributed by atoms with Gasteiger partial charge < -0.3 is 10.6 Å². The van der Waals surface area contributed by atoms with Gasteiger partial charge in [0.1, 0.15) is 0 Å². The fraction of sp³-hybridized carbons (Fsp3) is 0.357. The molecule has 2 aromatic rings. The molecule has 0 atom stereocenters. The summed E-state index contributed by atoms with van der Waals surface area (Å²) >= 11 is 0. The van der Waals surface area contributed by atoms with E-state index in [0.29, 0.717) is 0 Å². The highest BCUT2D eigenvalue weighted by molar-refractivity contribution is 5.81. The van der Waals surface area contributed by atoms with Crippen LogP contribution < -0.4 is 10.6 Å². The summed E-state index contributed by atoms with van der Waals surface area (Å²) in [6, 6.07) is 10.4. The Labute approximate surface area is 102 Å². The Morgan fingerprint density at radius 3 is 2.76 bits per heavy atom. The fourth-order valence-corrected chi connectivity index (χ4v) is 1.89. The Morgan fingerprint density at radius 2 is 1.88 bits per heavy atom. The number of para-hydroxylation sites is 1. The van der Waals surface area contributed by atoms with Crippen molar-refractivity contribution in [2.24, 2.45) is 0 Å². The van der Waals surface area contributed by atoms with Crippen molar-refractivity contribution >= 4 is 10.9 Å². The first kappa shape index (κ1) is 12.0. The Morgan fingerprint density at radius 1 is 1.06 bits per heavy atom. The molecule has 0 fully saturated rings. The van der Waals surface area contributed by atoms with E-state index >= 15 is 0 Å². The highest BCUT2D eigenvalue weighted by Crippen LogP contribution is 2.15. The van der Waals surface area contributed by atoms with Crippen LogP contribution in [0.1, 0.15) is 12.5 Å². The van der Waals surface area contributed by atoms with Crippen molar-refractivity contribution < 1.29 is 0 Å². The van der Waals surface area contributed by atoms with Crippen LogP contribution in [-0.2, 0) is 6.54 Å². The predicted octanol–water partition coefficient (Wildman–Crippen LogP) is 1.93. The van der Waals surface area contributed by atoms with Gasteiger partial charge in [-0.1, -0.05) is 25.1 Å². The van der Waals surface area contributed by atoms with Crippen LogP contribution in [0.25, 0.3) is 10.9 Å². The van der Waals surface area contributed by atoms with Crippen LogP contribution in [-0.4, -0.2) is 24.6 Å². The monoisotopic (exact) mass is 229 g/mol. The average molecular weight is 229 g/mol. The number of hydrogen-bond acceptors (Lipinski definition) is 3. The van der Waals surface area contributed by atoms with Crippen molar-refractivity contribution in [3.63, 3.8) is 0 Å². The molecule has 0 spiro atoms. The molecule has 90 valence electrons. The Bertz CT molecular complexity index is 462. The number of nitrogens with zero attached hydrogens (tertiary/aromatic N) is 1. The van der Waals surface area contributed by atoms with Gasteiger partial charge in [-0.05, 0) is 24.2 Å². The molecule has 3 nitrogen and oxygen atoms in total. The lowest BCUT2D eigenvalue weighted by atomic mass is 10.1. The fourth-order valence-electron chi connectivity index (χ4n) is 1.89. The Kier molecular flexibility index (Phi) is 4.47. The van der Waals surface area contributed by atoms with E-state index in [-0.39, 0.29) is 0 Å². The van der Waals surface area contributed by atoms with Crippen molar-refractivity contribution in [2.75, 3.05) is 19.6 Å². The average Bonchev–Trinajstić information content (AvgIpc) is 2.39. The third kappa shape index (κ3) is 3.25. The second-order valence-corrected chi connectivity index (χ2v) is 4.02. The number of nitrogens with one attached hydrogen (secondary N) is 2. The molecular weight excluding hydrogens is 210 g/mol. The van der Waals surface area contributed by atoms with Gasteiger partial charge in [0.2, 0.25) is 0 Å². The lowest BCUT2D eigenvalue weighted by Gasteiger charge is -2.07. The summed E-state index contributed by atoms with van der Waals surface area (Å²) < 4.78 is 0. The lowest BCUT2D eigenvalue weighted by molar-refractivity contribution is 0.626. The van der Waals surface area contributed by atoms with Gasteiger partial charge in [0, 0.05) is 31.2 Å². The normalized spacial score (nSPS) is 10.9. The van der Waals surface area contributed by atoms with E-state index in [1.807, 2.05) is 12.3 Å². The van der Waals surface area contributed by atoms with E-state index in [2.05, 4.69) is 46.8 Å². The molecule has 1 aromatic carbocycles. The van der Waals surface area contributed by atoms with E-state index in [0.717, 1.165) is 31.7 Å². The van der Waals surface area contributed by atoms with Crippen LogP contribution in [0.2, 0.25) is 0 Å². The summed E-state index contributed by atoms with van der Waals surface area (Å²) in [5, 5.41) is 7.98. The lowest BCUT2D eigenvalue weighted by Crippen LogP contribution is -2.26. The predicted molar refractivity (Wildman–Crippen MR) is 72.0 cm³/mol. The SMILES string of the molecule is CCNCCNCc1ccnc2ccccc12. The minimum absolute atomic E-state index is 0.897. The molecular formula is C14H19N3. The number of aromatic nitrogens is 1. The summed E-state index contributed by atoms with van der Waals surface area (Å²) in [7, 11) is 0. The summed E-state index contributed by atoms with van der Waals surface area (Å²) in [5.74, 6) is 0. The molecule has 0 saturated heterocycles. The summed E-state index contributed by atoms with van der Waals surface area (Å²) in [4.78, 5) is 4.36. The number of likely N-dealkylation sites (N-methyl/N-ethyl adjacent to an activating group) is 1. The van der Waals surface area contributed by atoms with Gasteiger partial charge in [0.25, 0.3) is 0 Å². The third-order valence-corrected chi connectivity index (χ3v) is 2.78. The number of rotatable bonds is 6. The number of pyridine rings is 1. The molecule has 2 N–H and O–H groups in total. The molecule has 1 aromatic heterocycles. The standard InChI is InChI=1S/C14H19N3/c1-2-15-9-10-16-11-12-7-8-17-14-6-4-3-5-13(12)14/h3-8,15-16H,2,9-11H2,1H3. The van der Waals surface area contributed by atoms with Gasteiger partial charge >= 0.3 is 0 Å². The molecule has 0 bridgehead atoms. The van der Waals surface area contributed by atoms with Crippen LogP contribution >= 0.6 is 0 Å². The summed E-state index contributed by atoms with van der Waals surface area (Å²) in [6.45, 7) is 6.05. The molecule has 0 saturated carbocycles. The molecule has 1 heterocycles. The van der Waals surface area contributed by atoms with Crippen molar-refractivity contribution in [3.05, 3.63) is 42.1 Å². The van der Waals surface area contributed by atoms with Crippen molar-refractivity contribution in [1.29, 1.82) is 0 Å². The minimum Gasteiger partial charge on any atom is -0.316 e. The van der Waals surface area contributed by atoms with Gasteiger partial charge in [-0.25, -0.2) is 0 Å². The van der Waals surface area contributed by atoms with Crippen molar-refractivity contribution in [3.8, 4) is 0 Å². The van der Waals surface area contributed by atoms with Crippen molar-refractivity contribution in [2.45, 2.75) is 13.5 Å². The molecule has 0 aliphatic carbocycles. The minimum atomic E-state index is 0.897. The van der Waals surface area contributed by atoms with E-state index in [1.54, 1.807) is 0 Å². The molecule has 2 rings (SSSR count). The summed E-state index contributed by atoms with van der Waals surface area (Å²) in [6.07, 6.45) is 1.88. The number of benzene rings is 1. The third-order valence-electron chi connectivity index (χ3n) is 2.78. The first-order chi connectivity index (χ1) is 8.42. The van der Waals surface area contributed by atoms with E-state index in [9.17, 15) is 0 Å². The zero-order chi connectivity index (χ0) is 11.9. The maximum atomic E-state index is 4.36. The maximum absolute atomic E-state index is 4.36. The van der Waals surface area contributed by atoms with Crippen LogP contribution in [0.15, 0.2) is 36.5 Å². The number of hydrogen-bond donors (Lipinski definition) is 2. The number of fused-ring (bicyclic) bond motifs is 1. The molecule has 0 unspecified atom stereocenters. The van der Waals surface area contributed by atoms with Crippen LogP contribution in [0, 0.1) is 0 Å². The highest BCUT2D eigenvalue weighted by atomic mass is 14.9. The zero-order valence-electron chi connectivity index (χ0n) is 10.2. The van der Waals surface area contributed by atoms with Crippen LogP contribution in [0.5, 0.6) is 0 Å². The first-order valence-corrected chi connectivity index (χ1v) is 6.16. The molecule has 0 amide bonds. The second-order valence-electron chi connectivity index (χ2n) is 4.02. The maximum Gasteiger partial charge on any atom is 0.0705 e. The van der Waals surface area contributed by atoms with Crippen LogP contribution in [0.3, 0.4) is 0 Å². The van der Waals surface area contributed by atoms with Crippen LogP contribution in [0.4, 0.5) is 0 Å². The Hall–Kier alpha value is -1.45. The quantitative estimate of drug-likeness (QED) is 0.743.